The maximum absolute atomic E-state index is 12.5. The Morgan fingerprint density at radius 3 is 2.56 bits per heavy atom. The minimum absolute atomic E-state index is 0.187. The van der Waals surface area contributed by atoms with E-state index < -0.39 is 0 Å². The van der Waals surface area contributed by atoms with Crippen LogP contribution in [-0.2, 0) is 19.6 Å². The Kier molecular flexibility index (Phi) is 4.46. The number of hydrogen-bond donors (Lipinski definition) is 2. The van der Waals surface area contributed by atoms with E-state index in [0.29, 0.717) is 17.1 Å². The van der Waals surface area contributed by atoms with Gasteiger partial charge >= 0.3 is 0 Å². The molecule has 6 heteroatoms. The van der Waals surface area contributed by atoms with Crippen molar-refractivity contribution < 1.29 is 4.79 Å². The number of carbonyl (C=O) groups excluding carboxylic acids is 1. The summed E-state index contributed by atoms with van der Waals surface area (Å²) in [5, 5.41) is 2.83. The molecule has 0 unspecified atom stereocenters. The number of fused-ring (bicyclic) bond motifs is 1. The smallest absolute Gasteiger partial charge is 0.251 e. The molecule has 1 amide bonds. The molecule has 0 atom stereocenters. The third kappa shape index (κ3) is 3.74. The number of H-pyrrole nitrogens is 1. The number of nitrogens with zero attached hydrogens (tertiary/aromatic N) is 2. The van der Waals surface area contributed by atoms with Crippen LogP contribution in [0.25, 0.3) is 0 Å². The highest BCUT2D eigenvalue weighted by molar-refractivity contribution is 5.95. The fourth-order valence-electron chi connectivity index (χ4n) is 3.36. The molecule has 2 N–H and O–H groups in total. The lowest BCUT2D eigenvalue weighted by Gasteiger charge is -2.18. The van der Waals surface area contributed by atoms with E-state index in [0.717, 1.165) is 18.8 Å². The number of anilines is 1. The molecule has 136 valence electrons. The monoisotopic (exact) mass is 360 g/mol. The molecule has 0 fully saturated rings. The van der Waals surface area contributed by atoms with Crippen LogP contribution in [-0.4, -0.2) is 15.9 Å². The first-order valence-corrected chi connectivity index (χ1v) is 8.85. The first-order chi connectivity index (χ1) is 13.1. The first-order valence-electron chi connectivity index (χ1n) is 8.85. The second-order valence-corrected chi connectivity index (χ2v) is 6.68. The van der Waals surface area contributed by atoms with Gasteiger partial charge in [0.15, 0.2) is 0 Å². The van der Waals surface area contributed by atoms with Crippen LogP contribution in [0, 0.1) is 6.92 Å². The van der Waals surface area contributed by atoms with Gasteiger partial charge < -0.3 is 15.2 Å². The fraction of sp³-hybridized carbons (Fsp3) is 0.190. The minimum Gasteiger partial charge on any atom is -0.363 e. The van der Waals surface area contributed by atoms with Gasteiger partial charge in [-0.05, 0) is 36.2 Å². The number of aryl methyl sites for hydroxylation is 1. The van der Waals surface area contributed by atoms with Gasteiger partial charge in [0.25, 0.3) is 11.5 Å². The molecule has 27 heavy (non-hydrogen) atoms. The zero-order chi connectivity index (χ0) is 18.8. The van der Waals surface area contributed by atoms with E-state index in [1.807, 2.05) is 18.2 Å². The summed E-state index contributed by atoms with van der Waals surface area (Å²) >= 11 is 0. The maximum Gasteiger partial charge on any atom is 0.251 e. The number of rotatable bonds is 4. The third-order valence-electron chi connectivity index (χ3n) is 4.66. The molecule has 0 saturated heterocycles. The van der Waals surface area contributed by atoms with E-state index in [1.165, 1.54) is 17.2 Å². The summed E-state index contributed by atoms with van der Waals surface area (Å²) in [6.07, 6.45) is 0. The van der Waals surface area contributed by atoms with Gasteiger partial charge in [0.1, 0.15) is 5.82 Å². The van der Waals surface area contributed by atoms with Crippen LogP contribution < -0.4 is 15.8 Å². The Morgan fingerprint density at radius 2 is 1.85 bits per heavy atom. The number of carbonyl (C=O) groups is 1. The zero-order valence-electron chi connectivity index (χ0n) is 15.0. The summed E-state index contributed by atoms with van der Waals surface area (Å²) in [4.78, 5) is 33.1. The summed E-state index contributed by atoms with van der Waals surface area (Å²) in [5.74, 6) is 0.343. The van der Waals surface area contributed by atoms with Crippen LogP contribution in [0.2, 0.25) is 0 Å². The van der Waals surface area contributed by atoms with Crippen LogP contribution in [0.5, 0.6) is 0 Å². The maximum atomic E-state index is 12.5. The van der Waals surface area contributed by atoms with Crippen molar-refractivity contribution in [3.8, 4) is 0 Å². The van der Waals surface area contributed by atoms with E-state index in [9.17, 15) is 9.59 Å². The molecule has 2 heterocycles. The van der Waals surface area contributed by atoms with Crippen molar-refractivity contribution >= 4 is 11.6 Å². The molecule has 6 nitrogen and oxygen atoms in total. The zero-order valence-corrected chi connectivity index (χ0v) is 15.0. The van der Waals surface area contributed by atoms with E-state index >= 15 is 0 Å². The largest absolute Gasteiger partial charge is 0.363 e. The molecule has 3 aromatic rings. The molecule has 2 aromatic carbocycles. The number of hydrogen-bond acceptors (Lipinski definition) is 4. The first kappa shape index (κ1) is 17.0. The van der Waals surface area contributed by atoms with Crippen molar-refractivity contribution in [1.29, 1.82) is 0 Å². The molecule has 0 spiro atoms. The van der Waals surface area contributed by atoms with Gasteiger partial charge in [0, 0.05) is 30.4 Å². The Labute approximate surface area is 156 Å². The molecular weight excluding hydrogens is 340 g/mol. The highest BCUT2D eigenvalue weighted by atomic mass is 16.1. The van der Waals surface area contributed by atoms with Gasteiger partial charge in [-0.1, -0.05) is 30.3 Å². The standard InChI is InChI=1S/C21H20N4O2/c1-14-23-18(10-20(26)24-14)11-22-21(27)15-7-4-8-19(9-15)25-12-16-5-2-3-6-17(16)13-25/h2-10H,11-13H2,1H3,(H,22,27)(H,23,24,26). The van der Waals surface area contributed by atoms with Crippen LogP contribution in [0.15, 0.2) is 59.4 Å². The van der Waals surface area contributed by atoms with Crippen LogP contribution in [0.4, 0.5) is 5.69 Å². The molecule has 1 aliphatic rings. The number of aromatic nitrogens is 2. The van der Waals surface area contributed by atoms with Gasteiger partial charge in [0.05, 0.1) is 12.2 Å². The molecule has 1 aliphatic heterocycles. The van der Waals surface area contributed by atoms with E-state index in [1.54, 1.807) is 13.0 Å². The lowest BCUT2D eigenvalue weighted by atomic mass is 10.1. The second-order valence-electron chi connectivity index (χ2n) is 6.68. The van der Waals surface area contributed by atoms with Gasteiger partial charge in [-0.3, -0.25) is 9.59 Å². The summed E-state index contributed by atoms with van der Waals surface area (Å²) in [6.45, 7) is 3.61. The summed E-state index contributed by atoms with van der Waals surface area (Å²) < 4.78 is 0. The SMILES string of the molecule is Cc1nc(CNC(=O)c2cccc(N3Cc4ccccc4C3)c2)cc(=O)[nH]1. The van der Waals surface area contributed by atoms with Crippen LogP contribution in [0.3, 0.4) is 0 Å². The lowest BCUT2D eigenvalue weighted by molar-refractivity contribution is 0.0950. The molecule has 0 aliphatic carbocycles. The van der Waals surface area contributed by atoms with Crippen LogP contribution >= 0.6 is 0 Å². The molecule has 0 saturated carbocycles. The Balaban J connectivity index is 1.46. The van der Waals surface area contributed by atoms with Gasteiger partial charge in [-0.15, -0.1) is 0 Å². The predicted octanol–water partition coefficient (Wildman–Crippen LogP) is 2.53. The van der Waals surface area contributed by atoms with Crippen LogP contribution in [0.1, 0.15) is 33.0 Å². The highest BCUT2D eigenvalue weighted by Gasteiger charge is 2.19. The highest BCUT2D eigenvalue weighted by Crippen LogP contribution is 2.28. The van der Waals surface area contributed by atoms with E-state index in [4.69, 9.17) is 0 Å². The summed E-state index contributed by atoms with van der Waals surface area (Å²) in [6, 6.07) is 17.4. The molecule has 4 rings (SSSR count). The predicted molar refractivity (Wildman–Crippen MR) is 104 cm³/mol. The summed E-state index contributed by atoms with van der Waals surface area (Å²) in [7, 11) is 0. The van der Waals surface area contributed by atoms with Crippen molar-refractivity contribution in [3.05, 3.63) is 93.2 Å². The van der Waals surface area contributed by atoms with Gasteiger partial charge in [0.2, 0.25) is 0 Å². The number of aromatic amines is 1. The van der Waals surface area contributed by atoms with E-state index in [2.05, 4.69) is 44.5 Å². The van der Waals surface area contributed by atoms with Gasteiger partial charge in [-0.2, -0.15) is 0 Å². The minimum atomic E-state index is -0.220. The number of benzene rings is 2. The van der Waals surface area contributed by atoms with E-state index in [-0.39, 0.29) is 18.0 Å². The fourth-order valence-corrected chi connectivity index (χ4v) is 3.36. The van der Waals surface area contributed by atoms with Gasteiger partial charge in [-0.25, -0.2) is 4.98 Å². The third-order valence-corrected chi connectivity index (χ3v) is 4.66. The number of amides is 1. The van der Waals surface area contributed by atoms with Crippen molar-refractivity contribution in [2.24, 2.45) is 0 Å². The van der Waals surface area contributed by atoms with Crippen molar-refractivity contribution in [1.82, 2.24) is 15.3 Å². The van der Waals surface area contributed by atoms with Crippen molar-refractivity contribution in [2.75, 3.05) is 4.90 Å². The second kappa shape index (κ2) is 7.07. The molecular formula is C21H20N4O2. The normalized spacial score (nSPS) is 12.7. The Hall–Kier alpha value is -3.41. The quantitative estimate of drug-likeness (QED) is 0.749. The van der Waals surface area contributed by atoms with Crippen molar-refractivity contribution in [2.45, 2.75) is 26.6 Å². The molecule has 0 radical (unpaired) electrons. The topological polar surface area (TPSA) is 78.1 Å². The Bertz CT molecular complexity index is 1030. The average molecular weight is 360 g/mol. The molecule has 0 bridgehead atoms. The molecule has 1 aromatic heterocycles. The summed E-state index contributed by atoms with van der Waals surface area (Å²) in [5.41, 5.74) is 4.57. The lowest BCUT2D eigenvalue weighted by Crippen LogP contribution is -2.25. The number of nitrogens with one attached hydrogen (secondary N) is 2. The Morgan fingerprint density at radius 1 is 1.11 bits per heavy atom. The average Bonchev–Trinajstić information content (AvgIpc) is 3.10. The van der Waals surface area contributed by atoms with Crippen molar-refractivity contribution in [3.63, 3.8) is 0 Å².